The van der Waals surface area contributed by atoms with Gasteiger partial charge in [-0.25, -0.2) is 0 Å². The fourth-order valence-corrected chi connectivity index (χ4v) is 2.88. The van der Waals surface area contributed by atoms with Gasteiger partial charge in [0.1, 0.15) is 5.75 Å². The minimum atomic E-state index is -0.258. The van der Waals surface area contributed by atoms with Gasteiger partial charge in [-0.15, -0.1) is 0 Å². The molecule has 6 nitrogen and oxygen atoms in total. The first-order valence-electron chi connectivity index (χ1n) is 9.27. The molecule has 6 heteroatoms. The van der Waals surface area contributed by atoms with Crippen molar-refractivity contribution in [3.8, 4) is 5.75 Å². The highest BCUT2D eigenvalue weighted by Gasteiger charge is 2.10. The van der Waals surface area contributed by atoms with Crippen LogP contribution in [0.4, 0.5) is 5.69 Å². The fourth-order valence-electron chi connectivity index (χ4n) is 2.88. The molecule has 2 aromatic carbocycles. The van der Waals surface area contributed by atoms with Crippen LogP contribution in [0.15, 0.2) is 59.5 Å². The van der Waals surface area contributed by atoms with E-state index in [0.717, 1.165) is 5.56 Å². The Hall–Kier alpha value is -3.12. The van der Waals surface area contributed by atoms with Gasteiger partial charge in [0.05, 0.1) is 12.0 Å². The maximum absolute atomic E-state index is 12.7. The zero-order chi connectivity index (χ0) is 19.9. The zero-order valence-electron chi connectivity index (χ0n) is 16.1. The molecule has 3 rings (SSSR count). The largest absolute Gasteiger partial charge is 0.483 e. The second-order valence-corrected chi connectivity index (χ2v) is 6.43. The van der Waals surface area contributed by atoms with Crippen molar-refractivity contribution in [1.82, 2.24) is 4.57 Å². The van der Waals surface area contributed by atoms with Gasteiger partial charge in [-0.3, -0.25) is 9.59 Å². The first-order valence-corrected chi connectivity index (χ1v) is 9.27. The summed E-state index contributed by atoms with van der Waals surface area (Å²) in [5.74, 6) is 0.247. The normalized spacial score (nSPS) is 10.8. The molecule has 1 aromatic heterocycles. The lowest BCUT2D eigenvalue weighted by Gasteiger charge is -2.12. The van der Waals surface area contributed by atoms with Crippen LogP contribution in [0.3, 0.4) is 0 Å². The maximum Gasteiger partial charge on any atom is 0.262 e. The lowest BCUT2D eigenvalue weighted by molar-refractivity contribution is -0.118. The van der Waals surface area contributed by atoms with Crippen molar-refractivity contribution in [2.75, 3.05) is 25.1 Å². The summed E-state index contributed by atoms with van der Waals surface area (Å²) in [7, 11) is 0. The van der Waals surface area contributed by atoms with Crippen molar-refractivity contribution in [1.29, 1.82) is 0 Å². The van der Waals surface area contributed by atoms with Crippen LogP contribution in [0.2, 0.25) is 0 Å². The van der Waals surface area contributed by atoms with E-state index < -0.39 is 0 Å². The van der Waals surface area contributed by atoms with Crippen molar-refractivity contribution in [3.63, 3.8) is 0 Å². The van der Waals surface area contributed by atoms with E-state index in [2.05, 4.69) is 5.32 Å². The summed E-state index contributed by atoms with van der Waals surface area (Å²) in [6.07, 6.45) is 1.73. The summed E-state index contributed by atoms with van der Waals surface area (Å²) in [6.45, 7) is 5.36. The summed E-state index contributed by atoms with van der Waals surface area (Å²) in [5, 5.41) is 4.03. The topological polar surface area (TPSA) is 69.6 Å². The number of aryl methyl sites for hydroxylation is 1. The molecule has 0 unspecified atom stereocenters. The predicted molar refractivity (Wildman–Crippen MR) is 110 cm³/mol. The molecule has 0 saturated carbocycles. The molecule has 0 fully saturated rings. The van der Waals surface area contributed by atoms with Crippen LogP contribution in [-0.4, -0.2) is 30.3 Å². The zero-order valence-corrected chi connectivity index (χ0v) is 16.1. The van der Waals surface area contributed by atoms with E-state index in [-0.39, 0.29) is 18.1 Å². The van der Waals surface area contributed by atoms with Gasteiger partial charge in [-0.2, -0.15) is 0 Å². The molecule has 0 spiro atoms. The molecular formula is C22H24N2O4. The molecule has 0 saturated heterocycles. The number of carbonyl (C=O) groups is 1. The van der Waals surface area contributed by atoms with Crippen LogP contribution in [0, 0.1) is 6.92 Å². The van der Waals surface area contributed by atoms with E-state index in [1.807, 2.05) is 44.2 Å². The second kappa shape index (κ2) is 9.19. The van der Waals surface area contributed by atoms with Crippen LogP contribution in [-0.2, 0) is 16.1 Å². The highest BCUT2D eigenvalue weighted by molar-refractivity contribution is 5.92. The van der Waals surface area contributed by atoms with Crippen molar-refractivity contribution in [2.24, 2.45) is 0 Å². The van der Waals surface area contributed by atoms with Gasteiger partial charge in [0, 0.05) is 30.4 Å². The van der Waals surface area contributed by atoms with Gasteiger partial charge in [0.2, 0.25) is 0 Å². The average molecular weight is 380 g/mol. The van der Waals surface area contributed by atoms with Crippen molar-refractivity contribution in [3.05, 3.63) is 70.6 Å². The molecule has 146 valence electrons. The third-order valence-corrected chi connectivity index (χ3v) is 4.35. The van der Waals surface area contributed by atoms with Gasteiger partial charge < -0.3 is 19.4 Å². The van der Waals surface area contributed by atoms with Crippen molar-refractivity contribution in [2.45, 2.75) is 20.4 Å². The summed E-state index contributed by atoms with van der Waals surface area (Å²) in [6, 6.07) is 14.6. The maximum atomic E-state index is 12.7. The molecule has 0 aliphatic rings. The number of nitrogens with zero attached hydrogens (tertiary/aromatic N) is 1. The number of anilines is 1. The number of hydrogen-bond acceptors (Lipinski definition) is 4. The molecule has 0 radical (unpaired) electrons. The van der Waals surface area contributed by atoms with Crippen LogP contribution >= 0.6 is 0 Å². The Morgan fingerprint density at radius 2 is 1.86 bits per heavy atom. The smallest absolute Gasteiger partial charge is 0.262 e. The lowest BCUT2D eigenvalue weighted by atomic mass is 10.1. The number of amides is 1. The quantitative estimate of drug-likeness (QED) is 0.609. The molecule has 28 heavy (non-hydrogen) atoms. The summed E-state index contributed by atoms with van der Waals surface area (Å²) < 4.78 is 12.6. The minimum absolute atomic E-state index is 0.105. The highest BCUT2D eigenvalue weighted by Crippen LogP contribution is 2.23. The number of hydrogen-bond donors (Lipinski definition) is 1. The minimum Gasteiger partial charge on any atom is -0.483 e. The van der Waals surface area contributed by atoms with Crippen molar-refractivity contribution >= 4 is 22.4 Å². The van der Waals surface area contributed by atoms with Gasteiger partial charge in [-0.05, 0) is 44.2 Å². The molecule has 1 amide bonds. The first kappa shape index (κ1) is 19.6. The van der Waals surface area contributed by atoms with Gasteiger partial charge in [0.15, 0.2) is 6.61 Å². The third kappa shape index (κ3) is 4.78. The first-order chi connectivity index (χ1) is 13.6. The van der Waals surface area contributed by atoms with Crippen molar-refractivity contribution < 1.29 is 14.3 Å². The molecule has 1 heterocycles. The number of carbonyl (C=O) groups excluding carboxylic acids is 1. The van der Waals surface area contributed by atoms with Gasteiger partial charge >= 0.3 is 0 Å². The molecule has 0 bridgehead atoms. The van der Waals surface area contributed by atoms with E-state index >= 15 is 0 Å². The summed E-state index contributed by atoms with van der Waals surface area (Å²) >= 11 is 0. The Kier molecular flexibility index (Phi) is 6.45. The molecule has 3 aromatic rings. The van der Waals surface area contributed by atoms with Gasteiger partial charge in [-0.1, -0.05) is 23.8 Å². The number of rotatable bonds is 8. The Labute approximate surface area is 163 Å². The SMILES string of the molecule is CCOCCn1ccc2c(OCC(=O)Nc3ccc(C)cc3)cccc2c1=O. The van der Waals surface area contributed by atoms with Crippen LogP contribution in [0.25, 0.3) is 10.8 Å². The molecule has 0 aliphatic heterocycles. The Bertz CT molecular complexity index is 1010. The second-order valence-electron chi connectivity index (χ2n) is 6.43. The molecule has 1 N–H and O–H groups in total. The van der Waals surface area contributed by atoms with E-state index in [4.69, 9.17) is 9.47 Å². The Balaban J connectivity index is 1.70. The number of fused-ring (bicyclic) bond motifs is 1. The van der Waals surface area contributed by atoms with Crippen LogP contribution < -0.4 is 15.6 Å². The van der Waals surface area contributed by atoms with E-state index in [1.165, 1.54) is 0 Å². The highest BCUT2D eigenvalue weighted by atomic mass is 16.5. The summed E-state index contributed by atoms with van der Waals surface area (Å²) in [4.78, 5) is 24.8. The average Bonchev–Trinajstić information content (AvgIpc) is 2.70. The standard InChI is InChI=1S/C22H24N2O4/c1-3-27-14-13-24-12-11-18-19(22(24)26)5-4-6-20(18)28-15-21(25)23-17-9-7-16(2)8-10-17/h4-12H,3,13-15H2,1-2H3,(H,23,25). The lowest BCUT2D eigenvalue weighted by Crippen LogP contribution is -2.22. The fraction of sp³-hybridized carbons (Fsp3) is 0.273. The van der Waals surface area contributed by atoms with E-state index in [1.54, 1.807) is 29.0 Å². The molecule has 0 aliphatic carbocycles. The van der Waals surface area contributed by atoms with Gasteiger partial charge in [0.25, 0.3) is 11.5 Å². The number of aromatic nitrogens is 1. The predicted octanol–water partition coefficient (Wildman–Crippen LogP) is 3.36. The van der Waals surface area contributed by atoms with Crippen LogP contribution in [0.1, 0.15) is 12.5 Å². The van der Waals surface area contributed by atoms with E-state index in [9.17, 15) is 9.59 Å². The third-order valence-electron chi connectivity index (χ3n) is 4.35. The number of ether oxygens (including phenoxy) is 2. The Morgan fingerprint density at radius 3 is 2.61 bits per heavy atom. The number of benzene rings is 2. The monoisotopic (exact) mass is 380 g/mol. The van der Waals surface area contributed by atoms with Crippen LogP contribution in [0.5, 0.6) is 5.75 Å². The molecule has 0 atom stereocenters. The number of pyridine rings is 1. The summed E-state index contributed by atoms with van der Waals surface area (Å²) in [5.41, 5.74) is 1.73. The molecular weight excluding hydrogens is 356 g/mol. The van der Waals surface area contributed by atoms with E-state index in [0.29, 0.717) is 42.0 Å². The Morgan fingerprint density at radius 1 is 1.07 bits per heavy atom. The number of nitrogens with one attached hydrogen (secondary N) is 1.